The number of carbonyl (C=O) groups is 1. The maximum absolute atomic E-state index is 11.6. The van der Waals surface area contributed by atoms with Crippen molar-refractivity contribution in [2.24, 2.45) is 0 Å². The molecule has 0 aliphatic heterocycles. The van der Waals surface area contributed by atoms with Crippen molar-refractivity contribution < 1.29 is 14.6 Å². The number of amides is 1. The minimum Gasteiger partial charge on any atom is -0.465 e. The number of nitrogens with one attached hydrogen (secondary N) is 1. The number of aromatic nitrogens is 3. The largest absolute Gasteiger partial charge is 0.465 e. The van der Waals surface area contributed by atoms with Crippen molar-refractivity contribution in [1.29, 1.82) is 0 Å². The Hall–Kier alpha value is -3.00. The Morgan fingerprint density at radius 1 is 1.33 bits per heavy atom. The molecule has 0 saturated carbocycles. The predicted molar refractivity (Wildman–Crippen MR) is 103 cm³/mol. The third-order valence-corrected chi connectivity index (χ3v) is 4.32. The summed E-state index contributed by atoms with van der Waals surface area (Å²) in [6.45, 7) is 5.69. The summed E-state index contributed by atoms with van der Waals surface area (Å²) in [6, 6.07) is 6.71. The zero-order valence-electron chi connectivity index (χ0n) is 15.2. The molecule has 142 valence electrons. The van der Waals surface area contributed by atoms with Crippen LogP contribution >= 0.6 is 11.6 Å². The number of ether oxygens (including phenoxy) is 1. The molecule has 0 aliphatic carbocycles. The molecule has 3 aromatic rings. The van der Waals surface area contributed by atoms with Gasteiger partial charge in [-0.05, 0) is 39.0 Å². The first-order valence-electron chi connectivity index (χ1n) is 8.21. The molecular weight excluding hydrogens is 370 g/mol. The van der Waals surface area contributed by atoms with Crippen molar-refractivity contribution in [2.75, 3.05) is 5.73 Å². The van der Waals surface area contributed by atoms with E-state index in [1.165, 1.54) is 11.2 Å². The summed E-state index contributed by atoms with van der Waals surface area (Å²) in [4.78, 5) is 24.4. The highest BCUT2D eigenvalue weighted by atomic mass is 35.5. The summed E-state index contributed by atoms with van der Waals surface area (Å²) in [7, 11) is 0. The lowest BCUT2D eigenvalue weighted by molar-refractivity contribution is 0.0948. The number of H-pyrrole nitrogens is 1. The number of benzene rings is 1. The Bertz CT molecular complexity index is 996. The Morgan fingerprint density at radius 2 is 2.07 bits per heavy atom. The van der Waals surface area contributed by atoms with Gasteiger partial charge in [-0.15, -0.1) is 0 Å². The number of nitrogens with zero attached hydrogens (tertiary/aromatic N) is 3. The fourth-order valence-corrected chi connectivity index (χ4v) is 2.75. The highest BCUT2D eigenvalue weighted by Crippen LogP contribution is 2.30. The van der Waals surface area contributed by atoms with Crippen LogP contribution in [-0.4, -0.2) is 36.6 Å². The molecule has 8 nitrogen and oxygen atoms in total. The number of fused-ring (bicyclic) bond motifs is 1. The van der Waals surface area contributed by atoms with Gasteiger partial charge in [0, 0.05) is 17.3 Å². The van der Waals surface area contributed by atoms with Gasteiger partial charge in [0.15, 0.2) is 0 Å². The van der Waals surface area contributed by atoms with E-state index >= 15 is 0 Å². The lowest BCUT2D eigenvalue weighted by Crippen LogP contribution is -2.44. The Labute approximate surface area is 160 Å². The van der Waals surface area contributed by atoms with E-state index in [-0.39, 0.29) is 6.54 Å². The van der Waals surface area contributed by atoms with E-state index < -0.39 is 11.6 Å². The van der Waals surface area contributed by atoms with Crippen LogP contribution in [0.25, 0.3) is 11.0 Å². The van der Waals surface area contributed by atoms with Crippen molar-refractivity contribution in [2.45, 2.75) is 32.9 Å². The molecule has 0 atom stereocenters. The second-order valence-corrected chi connectivity index (χ2v) is 7.47. The molecule has 0 radical (unpaired) electrons. The van der Waals surface area contributed by atoms with E-state index in [9.17, 15) is 9.90 Å². The minimum atomic E-state index is -1.000. The zero-order chi connectivity index (χ0) is 19.8. The van der Waals surface area contributed by atoms with E-state index in [0.717, 1.165) is 0 Å². The van der Waals surface area contributed by atoms with Crippen LogP contribution in [0.4, 0.5) is 10.5 Å². The minimum absolute atomic E-state index is 0.183. The van der Waals surface area contributed by atoms with Crippen molar-refractivity contribution >= 4 is 34.4 Å². The lowest BCUT2D eigenvalue weighted by Gasteiger charge is -2.32. The van der Waals surface area contributed by atoms with Crippen molar-refractivity contribution in [3.05, 3.63) is 41.3 Å². The third kappa shape index (κ3) is 4.06. The molecule has 1 amide bonds. The van der Waals surface area contributed by atoms with Gasteiger partial charge in [-0.2, -0.15) is 4.98 Å². The maximum atomic E-state index is 11.6. The van der Waals surface area contributed by atoms with Crippen LogP contribution < -0.4 is 10.5 Å². The molecule has 4 N–H and O–H groups in total. The van der Waals surface area contributed by atoms with E-state index in [1.54, 1.807) is 24.3 Å². The zero-order valence-corrected chi connectivity index (χ0v) is 15.9. The topological polar surface area (TPSA) is 117 Å². The molecule has 2 heterocycles. The van der Waals surface area contributed by atoms with Crippen LogP contribution in [0.5, 0.6) is 11.6 Å². The van der Waals surface area contributed by atoms with E-state index in [2.05, 4.69) is 15.0 Å². The number of hydrogen-bond donors (Lipinski definition) is 3. The highest BCUT2D eigenvalue weighted by Gasteiger charge is 2.27. The molecule has 0 aliphatic rings. The molecule has 3 rings (SSSR count). The summed E-state index contributed by atoms with van der Waals surface area (Å²) in [5.74, 6) is 0.789. The van der Waals surface area contributed by atoms with Gasteiger partial charge in [-0.1, -0.05) is 11.6 Å². The molecule has 0 spiro atoms. The predicted octanol–water partition coefficient (Wildman–Crippen LogP) is 4.26. The summed E-state index contributed by atoms with van der Waals surface area (Å²) in [5.41, 5.74) is 7.49. The molecular formula is C18H20ClN5O3. The fourth-order valence-electron chi connectivity index (χ4n) is 2.58. The Morgan fingerprint density at radius 3 is 2.70 bits per heavy atom. The lowest BCUT2D eigenvalue weighted by atomic mass is 10.1. The molecule has 0 saturated heterocycles. The van der Waals surface area contributed by atoms with E-state index in [1.807, 2.05) is 20.8 Å². The Balaban J connectivity index is 1.93. The fraction of sp³-hybridized carbons (Fsp3) is 0.278. The van der Waals surface area contributed by atoms with Crippen LogP contribution in [0.15, 0.2) is 30.6 Å². The molecule has 1 aromatic carbocycles. The van der Waals surface area contributed by atoms with Crippen LogP contribution in [0, 0.1) is 0 Å². The van der Waals surface area contributed by atoms with Crippen LogP contribution in [0.1, 0.15) is 26.5 Å². The standard InChI is InChI=1S/C18H20ClN5O3/c1-18(2,3)24(17(25)26)8-10-6-14-15(23-10)16(22-9-21-14)27-11-4-5-13(20)12(19)7-11/h4-7,9,23H,8,20H2,1-3H3,(H,25,26). The quantitative estimate of drug-likeness (QED) is 0.573. The maximum Gasteiger partial charge on any atom is 0.408 e. The van der Waals surface area contributed by atoms with Gasteiger partial charge in [-0.3, -0.25) is 4.90 Å². The second-order valence-electron chi connectivity index (χ2n) is 7.06. The molecule has 27 heavy (non-hydrogen) atoms. The van der Waals surface area contributed by atoms with Crippen LogP contribution in [0.2, 0.25) is 5.02 Å². The van der Waals surface area contributed by atoms with Gasteiger partial charge < -0.3 is 20.6 Å². The van der Waals surface area contributed by atoms with Crippen molar-refractivity contribution in [3.63, 3.8) is 0 Å². The first kappa shape index (κ1) is 18.8. The number of hydrogen-bond acceptors (Lipinski definition) is 5. The molecule has 2 aromatic heterocycles. The molecule has 0 fully saturated rings. The highest BCUT2D eigenvalue weighted by molar-refractivity contribution is 6.33. The first-order valence-corrected chi connectivity index (χ1v) is 8.59. The van der Waals surface area contributed by atoms with E-state index in [0.29, 0.717) is 39.1 Å². The number of nitrogen functional groups attached to an aromatic ring is 1. The Kier molecular flexibility index (Phi) is 4.84. The summed E-state index contributed by atoms with van der Waals surface area (Å²) in [5, 5.41) is 9.86. The average Bonchev–Trinajstić information content (AvgIpc) is 2.99. The second kappa shape index (κ2) is 6.96. The van der Waals surface area contributed by atoms with Crippen LogP contribution in [-0.2, 0) is 6.54 Å². The van der Waals surface area contributed by atoms with Gasteiger partial charge in [0.1, 0.15) is 17.6 Å². The third-order valence-electron chi connectivity index (χ3n) is 3.99. The SMILES string of the molecule is CC(C)(C)N(Cc1cc2ncnc(Oc3ccc(N)c(Cl)c3)c2[nH]1)C(=O)O. The van der Waals surface area contributed by atoms with Gasteiger partial charge >= 0.3 is 6.09 Å². The van der Waals surface area contributed by atoms with Crippen molar-refractivity contribution in [1.82, 2.24) is 19.9 Å². The molecule has 0 unspecified atom stereocenters. The molecule has 9 heteroatoms. The number of aromatic amines is 1. The van der Waals surface area contributed by atoms with Crippen LogP contribution in [0.3, 0.4) is 0 Å². The number of carboxylic acid groups (broad SMARTS) is 1. The first-order chi connectivity index (χ1) is 12.6. The smallest absolute Gasteiger partial charge is 0.408 e. The summed E-state index contributed by atoms with van der Waals surface area (Å²) >= 11 is 6.03. The summed E-state index contributed by atoms with van der Waals surface area (Å²) < 4.78 is 5.81. The van der Waals surface area contributed by atoms with Gasteiger partial charge in [0.25, 0.3) is 0 Å². The van der Waals surface area contributed by atoms with E-state index in [4.69, 9.17) is 22.1 Å². The average molecular weight is 390 g/mol. The summed E-state index contributed by atoms with van der Waals surface area (Å²) in [6.07, 6.45) is 0.382. The van der Waals surface area contributed by atoms with Crippen molar-refractivity contribution in [3.8, 4) is 11.6 Å². The molecule has 0 bridgehead atoms. The number of rotatable bonds is 4. The number of anilines is 1. The monoisotopic (exact) mass is 389 g/mol. The normalized spacial score (nSPS) is 11.6. The number of halogens is 1. The van der Waals surface area contributed by atoms with Gasteiger partial charge in [0.05, 0.1) is 22.8 Å². The van der Waals surface area contributed by atoms with Gasteiger partial charge in [0.2, 0.25) is 5.88 Å². The number of nitrogens with two attached hydrogens (primary N) is 1. The van der Waals surface area contributed by atoms with Gasteiger partial charge in [-0.25, -0.2) is 9.78 Å².